The highest BCUT2D eigenvalue weighted by Crippen LogP contribution is 2.41. The fourth-order valence-electron chi connectivity index (χ4n) is 5.00. The summed E-state index contributed by atoms with van der Waals surface area (Å²) in [5.74, 6) is 1.44. The van der Waals surface area contributed by atoms with Crippen molar-refractivity contribution < 1.29 is 14.2 Å². The second kappa shape index (κ2) is 8.50. The maximum Gasteiger partial charge on any atom is 0.140 e. The highest BCUT2D eigenvalue weighted by atomic mass is 35.5. The molecule has 0 bridgehead atoms. The minimum absolute atomic E-state index is 0.0437. The van der Waals surface area contributed by atoms with Gasteiger partial charge in [-0.3, -0.25) is 4.90 Å². The molecule has 0 saturated carbocycles. The zero-order valence-corrected chi connectivity index (χ0v) is 19.0. The molecule has 168 valence electrons. The molecule has 5 rings (SSSR count). The number of rotatable bonds is 5. The van der Waals surface area contributed by atoms with Gasteiger partial charge in [-0.25, -0.2) is 9.37 Å². The number of aromatic nitrogens is 2. The molecule has 1 saturated heterocycles. The van der Waals surface area contributed by atoms with Crippen LogP contribution in [0.5, 0.6) is 5.75 Å². The van der Waals surface area contributed by atoms with E-state index in [-0.39, 0.29) is 24.1 Å². The molecule has 1 aliphatic heterocycles. The van der Waals surface area contributed by atoms with E-state index in [2.05, 4.69) is 21.4 Å². The lowest BCUT2D eigenvalue weighted by Gasteiger charge is -2.30. The number of hydrogen-bond donors (Lipinski definition) is 1. The topological polar surface area (TPSA) is 50.5 Å². The Morgan fingerprint density at radius 1 is 1.25 bits per heavy atom. The molecule has 1 fully saturated rings. The highest BCUT2D eigenvalue weighted by Gasteiger charge is 2.42. The van der Waals surface area contributed by atoms with Crippen molar-refractivity contribution >= 4 is 11.6 Å². The minimum atomic E-state index is -0.351. The van der Waals surface area contributed by atoms with Crippen LogP contribution in [0.25, 0.3) is 5.69 Å². The number of β-amino-alcohol motifs (C(OH)–C–C–N with tert-alkyl or cyclic N) is 1. The van der Waals surface area contributed by atoms with E-state index in [0.29, 0.717) is 29.3 Å². The van der Waals surface area contributed by atoms with Gasteiger partial charge in [-0.05, 0) is 61.7 Å². The molecule has 0 unspecified atom stereocenters. The number of likely N-dealkylation sites (tertiary alicyclic amines) is 1. The average Bonchev–Trinajstić information content (AvgIpc) is 3.46. The van der Waals surface area contributed by atoms with Crippen LogP contribution in [0.2, 0.25) is 5.02 Å². The maximum absolute atomic E-state index is 14.7. The summed E-state index contributed by atoms with van der Waals surface area (Å²) in [5, 5.41) is 10.4. The third-order valence-corrected chi connectivity index (χ3v) is 6.74. The lowest BCUT2D eigenvalue weighted by Crippen LogP contribution is -2.39. The van der Waals surface area contributed by atoms with Gasteiger partial charge in [0.15, 0.2) is 0 Å². The first-order chi connectivity index (χ1) is 15.4. The van der Waals surface area contributed by atoms with E-state index in [0.717, 1.165) is 42.2 Å². The monoisotopic (exact) mass is 455 g/mol. The molecule has 2 heterocycles. The Morgan fingerprint density at radius 2 is 2.03 bits per heavy atom. The number of aliphatic hydroxyl groups is 1. The van der Waals surface area contributed by atoms with E-state index in [1.165, 1.54) is 6.07 Å². The van der Waals surface area contributed by atoms with Gasteiger partial charge in [-0.15, -0.1) is 0 Å². The summed E-state index contributed by atoms with van der Waals surface area (Å²) in [6.45, 7) is 5.43. The summed E-state index contributed by atoms with van der Waals surface area (Å²) in [6.07, 6.45) is 3.44. The number of benzene rings is 2. The van der Waals surface area contributed by atoms with Crippen molar-refractivity contribution in [1.29, 1.82) is 0 Å². The van der Waals surface area contributed by atoms with Gasteiger partial charge in [0.25, 0.3) is 0 Å². The molecule has 3 atom stereocenters. The third-order valence-electron chi connectivity index (χ3n) is 6.52. The van der Waals surface area contributed by atoms with Crippen LogP contribution in [0, 0.1) is 12.7 Å². The number of nitrogens with zero attached hydrogens (tertiary/aromatic N) is 3. The van der Waals surface area contributed by atoms with Gasteiger partial charge in [0.1, 0.15) is 23.5 Å². The molecule has 32 heavy (non-hydrogen) atoms. The number of aliphatic hydroxyl groups excluding tert-OH is 1. The molecular weight excluding hydrogens is 429 g/mol. The Labute approximate surface area is 192 Å². The lowest BCUT2D eigenvalue weighted by molar-refractivity contribution is 0.0818. The molecule has 0 spiro atoms. The zero-order chi connectivity index (χ0) is 22.4. The van der Waals surface area contributed by atoms with Crippen LogP contribution in [-0.2, 0) is 12.8 Å². The summed E-state index contributed by atoms with van der Waals surface area (Å²) >= 11 is 6.19. The van der Waals surface area contributed by atoms with Gasteiger partial charge in [0.2, 0.25) is 0 Å². The largest absolute Gasteiger partial charge is 0.484 e. The van der Waals surface area contributed by atoms with Crippen LogP contribution in [-0.4, -0.2) is 44.8 Å². The summed E-state index contributed by atoms with van der Waals surface area (Å²) in [4.78, 5) is 6.78. The first-order valence-electron chi connectivity index (χ1n) is 11.1. The number of halogens is 2. The fraction of sp³-hybridized carbons (Fsp3) is 0.400. The van der Waals surface area contributed by atoms with E-state index < -0.39 is 0 Å². The standard InChI is InChI=1S/C25H27ClFN3O2/c1-3-24-28-15(2)13-30(24)17-4-6-19(7-5-17)32-25-21-10-16(26)11-22(27)20(21)12-23(25)29-9-8-18(31)14-29/h4-7,10-11,13,18,23,25,31H,3,8-9,12,14H2,1-2H3/t18-,23+,25+/m1/s1. The maximum atomic E-state index is 14.7. The van der Waals surface area contributed by atoms with E-state index in [1.54, 1.807) is 0 Å². The van der Waals surface area contributed by atoms with Gasteiger partial charge >= 0.3 is 0 Å². The number of hydrogen-bond acceptors (Lipinski definition) is 4. The number of aryl methyl sites for hydroxylation is 2. The second-order valence-electron chi connectivity index (χ2n) is 8.72. The van der Waals surface area contributed by atoms with Crippen LogP contribution in [0.4, 0.5) is 4.39 Å². The van der Waals surface area contributed by atoms with E-state index in [1.807, 2.05) is 43.5 Å². The molecule has 1 N–H and O–H groups in total. The summed E-state index contributed by atoms with van der Waals surface area (Å²) in [6, 6.07) is 11.0. The Balaban J connectivity index is 1.44. The minimum Gasteiger partial charge on any atom is -0.484 e. The molecule has 0 amide bonds. The van der Waals surface area contributed by atoms with Gasteiger partial charge in [-0.1, -0.05) is 18.5 Å². The Hall–Kier alpha value is -2.41. The Kier molecular flexibility index (Phi) is 5.70. The first-order valence-corrected chi connectivity index (χ1v) is 11.5. The Morgan fingerprint density at radius 3 is 2.72 bits per heavy atom. The molecule has 5 nitrogen and oxygen atoms in total. The molecule has 2 aliphatic rings. The Bertz CT molecular complexity index is 1130. The van der Waals surface area contributed by atoms with Gasteiger partial charge in [0, 0.05) is 42.0 Å². The summed E-state index contributed by atoms with van der Waals surface area (Å²) in [7, 11) is 0. The van der Waals surface area contributed by atoms with Crippen molar-refractivity contribution in [1.82, 2.24) is 14.5 Å². The zero-order valence-electron chi connectivity index (χ0n) is 18.3. The predicted molar refractivity (Wildman–Crippen MR) is 122 cm³/mol. The van der Waals surface area contributed by atoms with Crippen LogP contribution in [0.15, 0.2) is 42.6 Å². The van der Waals surface area contributed by atoms with Crippen molar-refractivity contribution in [3.63, 3.8) is 0 Å². The van der Waals surface area contributed by atoms with Crippen LogP contribution >= 0.6 is 11.6 Å². The average molecular weight is 456 g/mol. The van der Waals surface area contributed by atoms with E-state index >= 15 is 0 Å². The fourth-order valence-corrected chi connectivity index (χ4v) is 5.21. The van der Waals surface area contributed by atoms with Crippen molar-refractivity contribution in [2.75, 3.05) is 13.1 Å². The van der Waals surface area contributed by atoms with Crippen molar-refractivity contribution in [3.8, 4) is 11.4 Å². The van der Waals surface area contributed by atoms with Crippen molar-refractivity contribution in [2.24, 2.45) is 0 Å². The molecule has 7 heteroatoms. The third kappa shape index (κ3) is 3.91. The van der Waals surface area contributed by atoms with Crippen LogP contribution in [0.3, 0.4) is 0 Å². The van der Waals surface area contributed by atoms with Crippen LogP contribution in [0.1, 0.15) is 42.1 Å². The molecule has 0 radical (unpaired) electrons. The molecular formula is C25H27ClFN3O2. The van der Waals surface area contributed by atoms with Gasteiger partial charge in [-0.2, -0.15) is 0 Å². The smallest absolute Gasteiger partial charge is 0.140 e. The van der Waals surface area contributed by atoms with E-state index in [4.69, 9.17) is 16.3 Å². The quantitative estimate of drug-likeness (QED) is 0.608. The molecule has 1 aromatic heterocycles. The molecule has 1 aliphatic carbocycles. The van der Waals surface area contributed by atoms with Gasteiger partial charge < -0.3 is 14.4 Å². The second-order valence-corrected chi connectivity index (χ2v) is 9.16. The lowest BCUT2D eigenvalue weighted by atomic mass is 10.1. The van der Waals surface area contributed by atoms with Gasteiger partial charge in [0.05, 0.1) is 17.8 Å². The van der Waals surface area contributed by atoms with Crippen molar-refractivity contribution in [2.45, 2.75) is 51.4 Å². The SMILES string of the molecule is CCc1nc(C)cn1-c1ccc(O[C@H]2c3cc(Cl)cc(F)c3C[C@@H]2N2CC[C@@H](O)C2)cc1. The predicted octanol–water partition coefficient (Wildman–Crippen LogP) is 4.65. The summed E-state index contributed by atoms with van der Waals surface area (Å²) in [5.41, 5.74) is 3.46. The van der Waals surface area contributed by atoms with Crippen LogP contribution < -0.4 is 4.74 Å². The highest BCUT2D eigenvalue weighted by molar-refractivity contribution is 6.30. The normalized spacial score (nSPS) is 23.0. The number of fused-ring (bicyclic) bond motifs is 1. The van der Waals surface area contributed by atoms with Crippen molar-refractivity contribution in [3.05, 3.63) is 76.1 Å². The number of ether oxygens (including phenoxy) is 1. The van der Waals surface area contributed by atoms with E-state index in [9.17, 15) is 9.50 Å². The summed E-state index contributed by atoms with van der Waals surface area (Å²) < 4.78 is 23.2. The molecule has 2 aromatic carbocycles. The molecule has 3 aromatic rings. The first kappa shape index (κ1) is 21.4. The number of imidazole rings is 1.